The number of rotatable bonds is 4. The van der Waals surface area contributed by atoms with Gasteiger partial charge in [-0.3, -0.25) is 14.4 Å². The van der Waals surface area contributed by atoms with Gasteiger partial charge in [0, 0.05) is 50.6 Å². The van der Waals surface area contributed by atoms with Crippen molar-refractivity contribution in [1.82, 2.24) is 29.5 Å². The van der Waals surface area contributed by atoms with E-state index in [0.717, 1.165) is 5.82 Å². The van der Waals surface area contributed by atoms with Crippen LogP contribution in [0.25, 0.3) is 0 Å². The number of aromatic nitrogens is 4. The summed E-state index contributed by atoms with van der Waals surface area (Å²) in [5.41, 5.74) is -0.172. The Morgan fingerprint density at radius 1 is 1.32 bits per heavy atom. The summed E-state index contributed by atoms with van der Waals surface area (Å²) in [5.74, 6) is 0.364. The van der Waals surface area contributed by atoms with Gasteiger partial charge in [0.2, 0.25) is 11.8 Å². The van der Waals surface area contributed by atoms with E-state index in [2.05, 4.69) is 15.4 Å². The summed E-state index contributed by atoms with van der Waals surface area (Å²) < 4.78 is 3.40. The summed E-state index contributed by atoms with van der Waals surface area (Å²) in [6.07, 6.45) is 5.13. The highest BCUT2D eigenvalue weighted by Crippen LogP contribution is 2.16. The highest BCUT2D eigenvalue weighted by molar-refractivity contribution is 5.83. The van der Waals surface area contributed by atoms with E-state index in [1.54, 1.807) is 23.4 Å². The second-order valence-electron chi connectivity index (χ2n) is 6.09. The standard InChI is InChI=1S/C16H20N6O3/c1-12(23)18-7-16(25)21-9-13(8-20-6-5-17-14(20)11-21)10-22-15(24)3-2-4-19-22/h2-6,13H,7-11H2,1H3,(H,18,23)/t13-/m1/s1. The Kier molecular flexibility index (Phi) is 4.92. The normalized spacial score (nSPS) is 16.8. The van der Waals surface area contributed by atoms with Crippen LogP contribution in [0.5, 0.6) is 0 Å². The van der Waals surface area contributed by atoms with Crippen LogP contribution in [0.4, 0.5) is 0 Å². The van der Waals surface area contributed by atoms with Gasteiger partial charge in [-0.05, 0) is 6.07 Å². The number of carbonyl (C=O) groups is 2. The molecule has 25 heavy (non-hydrogen) atoms. The molecule has 1 atom stereocenters. The molecule has 9 nitrogen and oxygen atoms in total. The Morgan fingerprint density at radius 3 is 2.92 bits per heavy atom. The Bertz CT molecular complexity index is 827. The molecule has 132 valence electrons. The molecule has 0 spiro atoms. The van der Waals surface area contributed by atoms with Gasteiger partial charge in [-0.25, -0.2) is 9.67 Å². The molecule has 0 bridgehead atoms. The van der Waals surface area contributed by atoms with Gasteiger partial charge in [0.1, 0.15) is 5.82 Å². The van der Waals surface area contributed by atoms with Gasteiger partial charge in [0.05, 0.1) is 19.6 Å². The summed E-state index contributed by atoms with van der Waals surface area (Å²) in [6, 6.07) is 3.06. The second-order valence-corrected chi connectivity index (χ2v) is 6.09. The van der Waals surface area contributed by atoms with Gasteiger partial charge in [0.15, 0.2) is 0 Å². The van der Waals surface area contributed by atoms with Gasteiger partial charge < -0.3 is 14.8 Å². The van der Waals surface area contributed by atoms with Crippen molar-refractivity contribution in [3.05, 3.63) is 46.9 Å². The number of nitrogens with zero attached hydrogens (tertiary/aromatic N) is 5. The van der Waals surface area contributed by atoms with E-state index in [0.29, 0.717) is 26.2 Å². The minimum absolute atomic E-state index is 0.00401. The van der Waals surface area contributed by atoms with E-state index in [9.17, 15) is 14.4 Å². The van der Waals surface area contributed by atoms with E-state index in [4.69, 9.17) is 0 Å². The molecular formula is C16H20N6O3. The van der Waals surface area contributed by atoms with Crippen LogP contribution in [0.2, 0.25) is 0 Å². The molecule has 0 aromatic carbocycles. The average molecular weight is 344 g/mol. The van der Waals surface area contributed by atoms with Crippen molar-refractivity contribution in [3.8, 4) is 0 Å². The zero-order valence-electron chi connectivity index (χ0n) is 14.0. The smallest absolute Gasteiger partial charge is 0.266 e. The number of hydrogen-bond acceptors (Lipinski definition) is 5. The molecule has 2 aromatic heterocycles. The van der Waals surface area contributed by atoms with E-state index in [1.807, 2.05) is 10.8 Å². The maximum atomic E-state index is 12.4. The molecule has 1 N–H and O–H groups in total. The van der Waals surface area contributed by atoms with Gasteiger partial charge >= 0.3 is 0 Å². The molecule has 1 aliphatic heterocycles. The third-order valence-electron chi connectivity index (χ3n) is 4.13. The summed E-state index contributed by atoms with van der Waals surface area (Å²) in [4.78, 5) is 41.4. The lowest BCUT2D eigenvalue weighted by atomic mass is 10.1. The van der Waals surface area contributed by atoms with Gasteiger partial charge in [-0.2, -0.15) is 5.10 Å². The molecule has 0 radical (unpaired) electrons. The van der Waals surface area contributed by atoms with Gasteiger partial charge in [-0.15, -0.1) is 0 Å². The second kappa shape index (κ2) is 7.29. The predicted molar refractivity (Wildman–Crippen MR) is 88.3 cm³/mol. The Balaban J connectivity index is 1.79. The zero-order chi connectivity index (χ0) is 17.8. The number of amides is 2. The molecule has 0 unspecified atom stereocenters. The number of nitrogens with one attached hydrogen (secondary N) is 1. The Labute approximate surface area is 144 Å². The molecule has 0 fully saturated rings. The SMILES string of the molecule is CC(=O)NCC(=O)N1Cc2nccn2C[C@@H](Cn2ncccc2=O)C1. The first-order valence-corrected chi connectivity index (χ1v) is 8.07. The third-order valence-corrected chi connectivity index (χ3v) is 4.13. The molecule has 3 heterocycles. The van der Waals surface area contributed by atoms with Crippen LogP contribution in [0.15, 0.2) is 35.5 Å². The Hall–Kier alpha value is -2.97. The van der Waals surface area contributed by atoms with Crippen LogP contribution in [0, 0.1) is 5.92 Å². The third kappa shape index (κ3) is 4.11. The quantitative estimate of drug-likeness (QED) is 0.785. The minimum atomic E-state index is -0.249. The molecule has 9 heteroatoms. The van der Waals surface area contributed by atoms with Crippen LogP contribution in [0.3, 0.4) is 0 Å². The first kappa shape index (κ1) is 16.9. The van der Waals surface area contributed by atoms with E-state index in [1.165, 1.54) is 17.7 Å². The van der Waals surface area contributed by atoms with Gasteiger partial charge in [0.25, 0.3) is 5.56 Å². The Morgan fingerprint density at radius 2 is 2.16 bits per heavy atom. The lowest BCUT2D eigenvalue weighted by Gasteiger charge is -2.24. The molecule has 2 aromatic rings. The topological polar surface area (TPSA) is 102 Å². The monoisotopic (exact) mass is 344 g/mol. The van der Waals surface area contributed by atoms with Crippen LogP contribution in [0.1, 0.15) is 12.7 Å². The average Bonchev–Trinajstić information content (AvgIpc) is 2.93. The van der Waals surface area contributed by atoms with Crippen molar-refractivity contribution in [2.45, 2.75) is 26.6 Å². The molecular weight excluding hydrogens is 324 g/mol. The molecule has 1 aliphatic rings. The van der Waals surface area contributed by atoms with Crippen LogP contribution in [-0.4, -0.2) is 49.1 Å². The number of fused-ring (bicyclic) bond motifs is 1. The fourth-order valence-corrected chi connectivity index (χ4v) is 2.93. The fourth-order valence-electron chi connectivity index (χ4n) is 2.93. The van der Waals surface area contributed by atoms with Crippen molar-refractivity contribution in [3.63, 3.8) is 0 Å². The van der Waals surface area contributed by atoms with Crippen molar-refractivity contribution in [1.29, 1.82) is 0 Å². The summed E-state index contributed by atoms with van der Waals surface area (Å²) in [5, 5.41) is 6.62. The fraction of sp³-hybridized carbons (Fsp3) is 0.438. The van der Waals surface area contributed by atoms with E-state index >= 15 is 0 Å². The first-order valence-electron chi connectivity index (χ1n) is 8.07. The maximum Gasteiger partial charge on any atom is 0.266 e. The van der Waals surface area contributed by atoms with Crippen molar-refractivity contribution in [2.75, 3.05) is 13.1 Å². The largest absolute Gasteiger partial charge is 0.347 e. The summed E-state index contributed by atoms with van der Waals surface area (Å²) in [7, 11) is 0. The van der Waals surface area contributed by atoms with E-state index in [-0.39, 0.29) is 29.8 Å². The number of imidazole rings is 1. The molecule has 0 saturated carbocycles. The summed E-state index contributed by atoms with van der Waals surface area (Å²) >= 11 is 0. The molecule has 0 aliphatic carbocycles. The lowest BCUT2D eigenvalue weighted by Crippen LogP contribution is -2.42. The van der Waals surface area contributed by atoms with Crippen molar-refractivity contribution < 1.29 is 9.59 Å². The van der Waals surface area contributed by atoms with Crippen LogP contribution in [-0.2, 0) is 29.2 Å². The van der Waals surface area contributed by atoms with Gasteiger partial charge in [-0.1, -0.05) is 0 Å². The maximum absolute atomic E-state index is 12.4. The van der Waals surface area contributed by atoms with Crippen molar-refractivity contribution >= 4 is 11.8 Å². The number of carbonyl (C=O) groups excluding carboxylic acids is 2. The summed E-state index contributed by atoms with van der Waals surface area (Å²) in [6.45, 7) is 3.21. The van der Waals surface area contributed by atoms with Crippen LogP contribution >= 0.6 is 0 Å². The van der Waals surface area contributed by atoms with Crippen molar-refractivity contribution in [2.24, 2.45) is 5.92 Å². The zero-order valence-corrected chi connectivity index (χ0v) is 14.0. The van der Waals surface area contributed by atoms with Crippen LogP contribution < -0.4 is 10.9 Å². The highest BCUT2D eigenvalue weighted by atomic mass is 16.2. The number of hydrogen-bond donors (Lipinski definition) is 1. The molecule has 2 amide bonds. The lowest BCUT2D eigenvalue weighted by molar-refractivity contribution is -0.133. The molecule has 0 saturated heterocycles. The molecule has 3 rings (SSSR count). The highest BCUT2D eigenvalue weighted by Gasteiger charge is 2.26. The van der Waals surface area contributed by atoms with E-state index < -0.39 is 0 Å². The first-order chi connectivity index (χ1) is 12.0. The predicted octanol–water partition coefficient (Wildman–Crippen LogP) is -0.765. The minimum Gasteiger partial charge on any atom is -0.347 e.